The van der Waals surface area contributed by atoms with E-state index >= 15 is 0 Å². The molecule has 0 atom stereocenters. The van der Waals surface area contributed by atoms with Crippen LogP contribution in [0.15, 0.2) is 40.9 Å². The van der Waals surface area contributed by atoms with Crippen molar-refractivity contribution in [1.29, 1.82) is 0 Å². The van der Waals surface area contributed by atoms with Gasteiger partial charge in [0.15, 0.2) is 0 Å². The number of rotatable bonds is 3. The summed E-state index contributed by atoms with van der Waals surface area (Å²) in [6, 6.07) is 10.2. The van der Waals surface area contributed by atoms with Crippen LogP contribution in [0.5, 0.6) is 5.75 Å². The smallest absolute Gasteiger partial charge is 0.145 e. The Morgan fingerprint density at radius 1 is 1.28 bits per heavy atom. The summed E-state index contributed by atoms with van der Waals surface area (Å²) >= 11 is 3.36. The highest BCUT2D eigenvalue weighted by Gasteiger charge is 2.08. The third kappa shape index (κ3) is 2.82. The summed E-state index contributed by atoms with van der Waals surface area (Å²) in [7, 11) is 0. The van der Waals surface area contributed by atoms with E-state index < -0.39 is 0 Å². The van der Waals surface area contributed by atoms with E-state index in [-0.39, 0.29) is 12.4 Å². The molecule has 0 aliphatic carbocycles. The second-order valence-electron chi connectivity index (χ2n) is 4.02. The first-order valence-electron chi connectivity index (χ1n) is 5.50. The van der Waals surface area contributed by atoms with Gasteiger partial charge in [-0.15, -0.1) is 0 Å². The second kappa shape index (κ2) is 5.40. The second-order valence-corrected chi connectivity index (χ2v) is 4.94. The van der Waals surface area contributed by atoms with Crippen LogP contribution in [0, 0.1) is 12.7 Å². The fourth-order valence-electron chi connectivity index (χ4n) is 1.72. The lowest BCUT2D eigenvalue weighted by atomic mass is 10.2. The molecule has 0 heterocycles. The summed E-state index contributed by atoms with van der Waals surface area (Å²) in [5, 5.41) is 0. The molecule has 0 amide bonds. The molecule has 2 N–H and O–H groups in total. The minimum atomic E-state index is -0.272. The van der Waals surface area contributed by atoms with Crippen molar-refractivity contribution in [2.75, 3.05) is 5.73 Å². The van der Waals surface area contributed by atoms with Crippen LogP contribution < -0.4 is 10.5 Å². The minimum Gasteiger partial charge on any atom is -0.486 e. The molecule has 2 aromatic carbocycles. The Labute approximate surface area is 114 Å². The molecule has 2 aromatic rings. The summed E-state index contributed by atoms with van der Waals surface area (Å²) < 4.78 is 19.9. The highest BCUT2D eigenvalue weighted by atomic mass is 79.9. The van der Waals surface area contributed by atoms with Crippen LogP contribution in [0.4, 0.5) is 10.1 Å². The van der Waals surface area contributed by atoms with Crippen molar-refractivity contribution in [1.82, 2.24) is 0 Å². The first kappa shape index (κ1) is 12.9. The van der Waals surface area contributed by atoms with E-state index in [9.17, 15) is 4.39 Å². The fraction of sp³-hybridized carbons (Fsp3) is 0.143. The molecule has 2 nitrogen and oxygen atoms in total. The monoisotopic (exact) mass is 309 g/mol. The van der Waals surface area contributed by atoms with Crippen molar-refractivity contribution in [3.63, 3.8) is 0 Å². The topological polar surface area (TPSA) is 35.2 Å². The predicted molar refractivity (Wildman–Crippen MR) is 74.0 cm³/mol. The number of halogens is 2. The van der Waals surface area contributed by atoms with E-state index in [1.165, 1.54) is 6.07 Å². The zero-order valence-electron chi connectivity index (χ0n) is 9.91. The van der Waals surface area contributed by atoms with Crippen molar-refractivity contribution < 1.29 is 9.13 Å². The molecule has 0 bridgehead atoms. The summed E-state index contributed by atoms with van der Waals surface area (Å²) in [4.78, 5) is 0. The maximum Gasteiger partial charge on any atom is 0.145 e. The molecule has 0 aliphatic heterocycles. The van der Waals surface area contributed by atoms with Gasteiger partial charge < -0.3 is 10.5 Å². The summed E-state index contributed by atoms with van der Waals surface area (Å²) in [5.74, 6) is 0.326. The van der Waals surface area contributed by atoms with Gasteiger partial charge in [0.2, 0.25) is 0 Å². The Morgan fingerprint density at radius 2 is 2.00 bits per heavy atom. The van der Waals surface area contributed by atoms with Crippen molar-refractivity contribution in [3.8, 4) is 5.75 Å². The Hall–Kier alpha value is -1.55. The number of aryl methyl sites for hydroxylation is 1. The maximum atomic E-state index is 13.4. The minimum absolute atomic E-state index is 0.166. The molecular weight excluding hydrogens is 297 g/mol. The molecule has 0 aliphatic rings. The average Bonchev–Trinajstić information content (AvgIpc) is 2.30. The van der Waals surface area contributed by atoms with Crippen molar-refractivity contribution in [3.05, 3.63) is 57.8 Å². The van der Waals surface area contributed by atoms with Gasteiger partial charge in [0.05, 0.1) is 5.69 Å². The Balaban J connectivity index is 2.19. The maximum absolute atomic E-state index is 13.4. The summed E-state index contributed by atoms with van der Waals surface area (Å²) in [6.45, 7) is 2.07. The number of ether oxygens (including phenoxy) is 1. The van der Waals surface area contributed by atoms with Crippen LogP contribution in [0.2, 0.25) is 0 Å². The molecule has 2 rings (SSSR count). The summed E-state index contributed by atoms with van der Waals surface area (Å²) in [6.07, 6.45) is 0. The van der Waals surface area contributed by atoms with Gasteiger partial charge in [-0.1, -0.05) is 34.1 Å². The van der Waals surface area contributed by atoms with Crippen LogP contribution in [0.25, 0.3) is 0 Å². The molecule has 0 saturated heterocycles. The van der Waals surface area contributed by atoms with E-state index in [4.69, 9.17) is 10.5 Å². The zero-order valence-corrected chi connectivity index (χ0v) is 11.5. The van der Waals surface area contributed by atoms with Gasteiger partial charge in [-0.25, -0.2) is 4.39 Å². The van der Waals surface area contributed by atoms with Crippen LogP contribution in [-0.4, -0.2) is 0 Å². The van der Waals surface area contributed by atoms with Crippen molar-refractivity contribution in [2.24, 2.45) is 0 Å². The number of hydrogen-bond acceptors (Lipinski definition) is 2. The van der Waals surface area contributed by atoms with Gasteiger partial charge in [-0.2, -0.15) is 0 Å². The van der Waals surface area contributed by atoms with E-state index in [0.717, 1.165) is 10.0 Å². The van der Waals surface area contributed by atoms with Crippen LogP contribution in [-0.2, 0) is 6.61 Å². The molecule has 0 spiro atoms. The first-order chi connectivity index (χ1) is 8.58. The van der Waals surface area contributed by atoms with E-state index in [1.54, 1.807) is 24.3 Å². The van der Waals surface area contributed by atoms with Gasteiger partial charge in [-0.3, -0.25) is 0 Å². The lowest BCUT2D eigenvalue weighted by molar-refractivity contribution is 0.299. The Bertz CT molecular complexity index is 548. The van der Waals surface area contributed by atoms with Crippen molar-refractivity contribution in [2.45, 2.75) is 13.5 Å². The fourth-order valence-corrected chi connectivity index (χ4v) is 2.31. The number of anilines is 1. The first-order valence-corrected chi connectivity index (χ1v) is 6.29. The van der Waals surface area contributed by atoms with E-state index in [1.807, 2.05) is 13.0 Å². The molecule has 0 aromatic heterocycles. The molecule has 94 valence electrons. The van der Waals surface area contributed by atoms with Crippen LogP contribution >= 0.6 is 15.9 Å². The molecular formula is C14H13BrFNO. The third-order valence-electron chi connectivity index (χ3n) is 2.60. The van der Waals surface area contributed by atoms with Gasteiger partial charge in [0.25, 0.3) is 0 Å². The molecule has 0 radical (unpaired) electrons. The lowest BCUT2D eigenvalue weighted by Gasteiger charge is -2.12. The molecule has 0 saturated carbocycles. The Kier molecular flexibility index (Phi) is 3.87. The van der Waals surface area contributed by atoms with Gasteiger partial charge in [0, 0.05) is 10.0 Å². The normalized spacial score (nSPS) is 10.4. The van der Waals surface area contributed by atoms with Crippen LogP contribution in [0.1, 0.15) is 11.1 Å². The number of nitrogens with two attached hydrogens (primary N) is 1. The van der Waals surface area contributed by atoms with Gasteiger partial charge in [0.1, 0.15) is 18.2 Å². The SMILES string of the molecule is Cc1cc(Br)cc(N)c1OCc1ccccc1F. The van der Waals surface area contributed by atoms with Gasteiger partial charge >= 0.3 is 0 Å². The third-order valence-corrected chi connectivity index (χ3v) is 3.06. The molecule has 4 heteroatoms. The standard InChI is InChI=1S/C14H13BrFNO/c1-9-6-11(15)7-13(17)14(9)18-8-10-4-2-3-5-12(10)16/h2-7H,8,17H2,1H3. The van der Waals surface area contributed by atoms with Crippen molar-refractivity contribution >= 4 is 21.6 Å². The van der Waals surface area contributed by atoms with E-state index in [2.05, 4.69) is 15.9 Å². The molecule has 0 unspecified atom stereocenters. The quantitative estimate of drug-likeness (QED) is 0.868. The molecule has 18 heavy (non-hydrogen) atoms. The van der Waals surface area contributed by atoms with Gasteiger partial charge in [-0.05, 0) is 30.7 Å². The number of hydrogen-bond donors (Lipinski definition) is 1. The number of benzene rings is 2. The highest BCUT2D eigenvalue weighted by molar-refractivity contribution is 9.10. The lowest BCUT2D eigenvalue weighted by Crippen LogP contribution is -2.02. The highest BCUT2D eigenvalue weighted by Crippen LogP contribution is 2.30. The predicted octanol–water partition coefficient (Wildman–Crippen LogP) is 4.06. The summed E-state index contributed by atoms with van der Waals surface area (Å²) in [5.41, 5.74) is 7.84. The van der Waals surface area contributed by atoms with E-state index in [0.29, 0.717) is 17.0 Å². The zero-order chi connectivity index (χ0) is 13.1. The largest absolute Gasteiger partial charge is 0.486 e. The average molecular weight is 310 g/mol. The molecule has 0 fully saturated rings. The number of nitrogen functional groups attached to an aromatic ring is 1. The van der Waals surface area contributed by atoms with Crippen LogP contribution in [0.3, 0.4) is 0 Å². The Morgan fingerprint density at radius 3 is 2.67 bits per heavy atom.